The van der Waals surface area contributed by atoms with Crippen molar-refractivity contribution >= 4 is 33.4 Å². The van der Waals surface area contributed by atoms with E-state index in [1.165, 1.54) is 0 Å². The lowest BCUT2D eigenvalue weighted by Gasteiger charge is -2.28. The van der Waals surface area contributed by atoms with E-state index in [2.05, 4.69) is 20.7 Å². The second-order valence-corrected chi connectivity index (χ2v) is 7.41. The number of rotatable bonds is 5. The van der Waals surface area contributed by atoms with Crippen molar-refractivity contribution in [1.29, 1.82) is 0 Å². The van der Waals surface area contributed by atoms with Crippen LogP contribution in [0.2, 0.25) is 0 Å². The monoisotopic (exact) mass is 355 g/mol. The summed E-state index contributed by atoms with van der Waals surface area (Å²) >= 11 is 1.62. The fraction of sp³-hybridized carbons (Fsp3) is 0.389. The first-order valence-corrected chi connectivity index (χ1v) is 9.54. The third kappa shape index (κ3) is 3.66. The zero-order valence-electron chi connectivity index (χ0n) is 13.9. The summed E-state index contributed by atoms with van der Waals surface area (Å²) in [6.45, 7) is 0.939. The molecule has 7 heteroatoms. The molecule has 0 radical (unpaired) electrons. The predicted octanol–water partition coefficient (Wildman–Crippen LogP) is 3.48. The highest BCUT2D eigenvalue weighted by molar-refractivity contribution is 7.13. The van der Waals surface area contributed by atoms with E-state index in [0.29, 0.717) is 5.92 Å². The molecule has 1 fully saturated rings. The Bertz CT molecular complexity index is 836. The molecule has 3 heterocycles. The largest absolute Gasteiger partial charge is 0.361 e. The van der Waals surface area contributed by atoms with Crippen molar-refractivity contribution in [3.05, 3.63) is 42.2 Å². The van der Waals surface area contributed by atoms with Crippen LogP contribution in [0.1, 0.15) is 25.7 Å². The highest BCUT2D eigenvalue weighted by Crippen LogP contribution is 2.29. The average molecular weight is 355 g/mol. The van der Waals surface area contributed by atoms with Gasteiger partial charge in [0.1, 0.15) is 0 Å². The van der Waals surface area contributed by atoms with E-state index in [1.54, 1.807) is 22.2 Å². The first-order valence-electron chi connectivity index (χ1n) is 8.66. The Labute approximate surface area is 150 Å². The van der Waals surface area contributed by atoms with Crippen LogP contribution in [0.15, 0.2) is 42.2 Å². The van der Waals surface area contributed by atoms with Crippen molar-refractivity contribution < 1.29 is 4.79 Å². The number of carbonyl (C=O) groups excluding carboxylic acids is 1. The number of anilines is 1. The van der Waals surface area contributed by atoms with Gasteiger partial charge in [0, 0.05) is 41.8 Å². The summed E-state index contributed by atoms with van der Waals surface area (Å²) in [6, 6.07) is 5.85. The summed E-state index contributed by atoms with van der Waals surface area (Å²) in [5, 5.41) is 7.37. The van der Waals surface area contributed by atoms with E-state index >= 15 is 0 Å². The van der Waals surface area contributed by atoms with Gasteiger partial charge in [-0.25, -0.2) is 14.6 Å². The van der Waals surface area contributed by atoms with Crippen molar-refractivity contribution in [2.24, 2.45) is 11.8 Å². The molecule has 3 aromatic heterocycles. The molecule has 0 spiro atoms. The number of amides is 1. The molecule has 0 saturated heterocycles. The van der Waals surface area contributed by atoms with Crippen LogP contribution in [0.3, 0.4) is 0 Å². The molecule has 1 aliphatic rings. The predicted molar refractivity (Wildman–Crippen MR) is 100 cm³/mol. The number of hydrogen-bond acceptors (Lipinski definition) is 5. The molecule has 3 aromatic rings. The number of pyridine rings is 1. The summed E-state index contributed by atoms with van der Waals surface area (Å²) < 4.78 is 1.73. The number of nitrogens with zero attached hydrogens (tertiary/aromatic N) is 3. The standard InChI is InChI=1S/C18H21N5OS/c24-17(22-23-10-7-14-2-1-8-19-16(14)23)15-5-3-13(4-6-15)12-21-18-20-9-11-25-18/h1-2,7-11,13,15H,3-6,12H2,(H,20,21)(H,22,24). The lowest BCUT2D eigenvalue weighted by Crippen LogP contribution is -2.33. The topological polar surface area (TPSA) is 71.8 Å². The molecule has 0 bridgehead atoms. The van der Waals surface area contributed by atoms with Gasteiger partial charge in [-0.05, 0) is 49.8 Å². The molecule has 0 atom stereocenters. The van der Waals surface area contributed by atoms with Gasteiger partial charge in [0.05, 0.1) is 0 Å². The number of fused-ring (bicyclic) bond motifs is 1. The van der Waals surface area contributed by atoms with Gasteiger partial charge in [0.15, 0.2) is 10.8 Å². The molecular weight excluding hydrogens is 334 g/mol. The molecule has 0 aromatic carbocycles. The number of carbonyl (C=O) groups is 1. The summed E-state index contributed by atoms with van der Waals surface area (Å²) in [5.74, 6) is 0.786. The van der Waals surface area contributed by atoms with Crippen LogP contribution in [0.5, 0.6) is 0 Å². The van der Waals surface area contributed by atoms with Crippen molar-refractivity contribution in [2.75, 3.05) is 17.3 Å². The maximum absolute atomic E-state index is 12.6. The van der Waals surface area contributed by atoms with E-state index in [9.17, 15) is 4.79 Å². The Kier molecular flexibility index (Phi) is 4.65. The Hall–Kier alpha value is -2.41. The Morgan fingerprint density at radius 3 is 2.88 bits per heavy atom. The maximum atomic E-state index is 12.6. The van der Waals surface area contributed by atoms with Crippen molar-refractivity contribution in [1.82, 2.24) is 14.6 Å². The normalized spacial score (nSPS) is 20.5. The number of hydrogen-bond donors (Lipinski definition) is 2. The minimum atomic E-state index is 0.0808. The van der Waals surface area contributed by atoms with Crippen molar-refractivity contribution in [3.8, 4) is 0 Å². The van der Waals surface area contributed by atoms with Crippen molar-refractivity contribution in [3.63, 3.8) is 0 Å². The fourth-order valence-corrected chi connectivity index (χ4v) is 3.98. The van der Waals surface area contributed by atoms with Crippen LogP contribution in [0, 0.1) is 11.8 Å². The number of aromatic nitrogens is 3. The summed E-state index contributed by atoms with van der Waals surface area (Å²) in [4.78, 5) is 21.2. The molecule has 0 unspecified atom stereocenters. The van der Waals surface area contributed by atoms with Gasteiger partial charge in [0.2, 0.25) is 5.91 Å². The van der Waals surface area contributed by atoms with Crippen LogP contribution in [-0.2, 0) is 4.79 Å². The van der Waals surface area contributed by atoms with Gasteiger partial charge in [-0.15, -0.1) is 11.3 Å². The lowest BCUT2D eigenvalue weighted by atomic mass is 9.81. The molecule has 1 amide bonds. The van der Waals surface area contributed by atoms with E-state index < -0.39 is 0 Å². The average Bonchev–Trinajstić information content (AvgIpc) is 3.31. The minimum Gasteiger partial charge on any atom is -0.361 e. The van der Waals surface area contributed by atoms with Crippen LogP contribution in [-0.4, -0.2) is 27.1 Å². The van der Waals surface area contributed by atoms with Gasteiger partial charge in [0.25, 0.3) is 0 Å². The molecule has 1 aliphatic carbocycles. The summed E-state index contributed by atoms with van der Waals surface area (Å²) in [7, 11) is 0. The molecule has 2 N–H and O–H groups in total. The second kappa shape index (κ2) is 7.23. The van der Waals surface area contributed by atoms with Crippen molar-refractivity contribution in [2.45, 2.75) is 25.7 Å². The third-order valence-electron chi connectivity index (χ3n) is 4.87. The fourth-order valence-electron chi connectivity index (χ4n) is 3.44. The number of nitrogens with one attached hydrogen (secondary N) is 2. The highest BCUT2D eigenvalue weighted by Gasteiger charge is 2.26. The SMILES string of the molecule is O=C(Nn1ccc2cccnc21)C1CCC(CNc2nccs2)CC1. The molecule has 0 aliphatic heterocycles. The van der Waals surface area contributed by atoms with Gasteiger partial charge in [-0.3, -0.25) is 10.2 Å². The molecule has 1 saturated carbocycles. The minimum absolute atomic E-state index is 0.0808. The molecule has 130 valence electrons. The van der Waals surface area contributed by atoms with Gasteiger partial charge < -0.3 is 5.32 Å². The summed E-state index contributed by atoms with van der Waals surface area (Å²) in [5.41, 5.74) is 3.78. The highest BCUT2D eigenvalue weighted by atomic mass is 32.1. The van der Waals surface area contributed by atoms with E-state index in [4.69, 9.17) is 0 Å². The van der Waals surface area contributed by atoms with Gasteiger partial charge in [-0.1, -0.05) is 0 Å². The van der Waals surface area contributed by atoms with Crippen LogP contribution in [0.4, 0.5) is 5.13 Å². The summed E-state index contributed by atoms with van der Waals surface area (Å²) in [6.07, 6.45) is 9.42. The quantitative estimate of drug-likeness (QED) is 0.735. The van der Waals surface area contributed by atoms with Crippen LogP contribution >= 0.6 is 11.3 Å². The molecule has 25 heavy (non-hydrogen) atoms. The van der Waals surface area contributed by atoms with Gasteiger partial charge >= 0.3 is 0 Å². The smallest absolute Gasteiger partial charge is 0.241 e. The zero-order chi connectivity index (χ0) is 17.1. The Balaban J connectivity index is 1.29. The van der Waals surface area contributed by atoms with Crippen LogP contribution < -0.4 is 10.7 Å². The first-order chi connectivity index (χ1) is 12.3. The molecule has 6 nitrogen and oxygen atoms in total. The Morgan fingerprint density at radius 1 is 1.20 bits per heavy atom. The van der Waals surface area contributed by atoms with E-state index in [-0.39, 0.29) is 11.8 Å². The van der Waals surface area contributed by atoms with E-state index in [1.807, 2.05) is 36.0 Å². The second-order valence-electron chi connectivity index (χ2n) is 6.51. The molecule has 4 rings (SSSR count). The van der Waals surface area contributed by atoms with Gasteiger partial charge in [-0.2, -0.15) is 0 Å². The van der Waals surface area contributed by atoms with E-state index in [0.717, 1.165) is 48.4 Å². The first kappa shape index (κ1) is 16.1. The zero-order valence-corrected chi connectivity index (χ0v) is 14.7. The molecular formula is C18H21N5OS. The van der Waals surface area contributed by atoms with Crippen LogP contribution in [0.25, 0.3) is 11.0 Å². The number of thiazole rings is 1. The Morgan fingerprint density at radius 2 is 2.08 bits per heavy atom. The maximum Gasteiger partial charge on any atom is 0.241 e. The third-order valence-corrected chi connectivity index (χ3v) is 5.60. The lowest BCUT2D eigenvalue weighted by molar-refractivity contribution is -0.121.